The minimum absolute atomic E-state index is 0.0580. The molecule has 1 aromatic rings. The van der Waals surface area contributed by atoms with Crippen molar-refractivity contribution < 1.29 is 38.8 Å². The first-order valence-corrected chi connectivity index (χ1v) is 16.5. The summed E-state index contributed by atoms with van der Waals surface area (Å²) in [5.74, 6) is -1.93. The van der Waals surface area contributed by atoms with Crippen molar-refractivity contribution in [2.75, 3.05) is 0 Å². The van der Waals surface area contributed by atoms with E-state index in [2.05, 4.69) is 19.6 Å². The van der Waals surface area contributed by atoms with E-state index >= 15 is 0 Å². The highest BCUT2D eigenvalue weighted by molar-refractivity contribution is 6.18. The smallest absolute Gasteiger partial charge is 0.330 e. The summed E-state index contributed by atoms with van der Waals surface area (Å²) < 4.78 is 20.8. The summed E-state index contributed by atoms with van der Waals surface area (Å²) >= 11 is 0. The van der Waals surface area contributed by atoms with E-state index in [-0.39, 0.29) is 58.4 Å². The number of carbonyl (C=O) groups is 3. The molecule has 0 amide bonds. The van der Waals surface area contributed by atoms with Gasteiger partial charge < -0.3 is 24.4 Å². The topological polar surface area (TPSA) is 119 Å². The number of carboxylic acid groups (broad SMARTS) is 1. The first kappa shape index (κ1) is 31.0. The summed E-state index contributed by atoms with van der Waals surface area (Å²) in [6, 6.07) is 0. The van der Waals surface area contributed by atoms with Crippen molar-refractivity contribution in [3.63, 3.8) is 0 Å². The molecule has 2 N–H and O–H groups in total. The van der Waals surface area contributed by atoms with Crippen molar-refractivity contribution in [3.05, 3.63) is 63.8 Å². The Morgan fingerprint density at radius 1 is 1.09 bits per heavy atom. The van der Waals surface area contributed by atoms with Gasteiger partial charge in [-0.05, 0) is 86.5 Å². The van der Waals surface area contributed by atoms with Crippen LogP contribution in [0.1, 0.15) is 108 Å². The highest BCUT2D eigenvalue weighted by atomic mass is 16.6. The van der Waals surface area contributed by atoms with Crippen LogP contribution in [0.4, 0.5) is 0 Å². The van der Waals surface area contributed by atoms with Gasteiger partial charge in [0.2, 0.25) is 0 Å². The van der Waals surface area contributed by atoms with E-state index in [1.165, 1.54) is 13.0 Å². The van der Waals surface area contributed by atoms with Gasteiger partial charge in [-0.3, -0.25) is 9.59 Å². The standard InChI is InChI=1S/C38H44O8/c1-18(2)9-10-23-31-27(24-17-36(8,44-31)13-12-22(24)19(3)4)30(40)28-29(39)25-15-21-16-26-35(6,7)46-37(33(21)41,14-11-20(5)34(42)43)38(25,26)45-32(23)28/h9,11,15,21-22,24,26,40H,3,10,12-14,16-17H2,1-2,4-8H3,(H,42,43)/b20-11+/t21-,22-,24-,26+,36-,37+,38-/m1/s1. The van der Waals surface area contributed by atoms with E-state index in [4.69, 9.17) is 14.2 Å². The van der Waals surface area contributed by atoms with Crippen LogP contribution >= 0.6 is 0 Å². The number of ether oxygens (including phenoxy) is 3. The van der Waals surface area contributed by atoms with E-state index in [0.29, 0.717) is 41.7 Å². The number of Topliss-reactive ketones (excluding diaryl/α,β-unsaturated/α-hetero) is 2. The molecule has 46 heavy (non-hydrogen) atoms. The van der Waals surface area contributed by atoms with E-state index in [1.54, 1.807) is 6.08 Å². The van der Waals surface area contributed by atoms with Crippen molar-refractivity contribution in [1.82, 2.24) is 0 Å². The maximum absolute atomic E-state index is 15.0. The third-order valence-electron chi connectivity index (χ3n) is 11.8. The molecule has 0 unspecified atom stereocenters. The van der Waals surface area contributed by atoms with Gasteiger partial charge in [0.05, 0.1) is 5.60 Å². The lowest BCUT2D eigenvalue weighted by Gasteiger charge is -2.56. The predicted molar refractivity (Wildman–Crippen MR) is 171 cm³/mol. The molecular weight excluding hydrogens is 584 g/mol. The van der Waals surface area contributed by atoms with Gasteiger partial charge in [-0.2, -0.15) is 0 Å². The molecule has 3 heterocycles. The predicted octanol–water partition coefficient (Wildman–Crippen LogP) is 6.94. The maximum Gasteiger partial charge on any atom is 0.330 e. The Kier molecular flexibility index (Phi) is 6.53. The second-order valence-corrected chi connectivity index (χ2v) is 15.5. The number of benzene rings is 1. The number of hydrogen-bond donors (Lipinski definition) is 2. The van der Waals surface area contributed by atoms with Crippen LogP contribution in [0.25, 0.3) is 0 Å². The van der Waals surface area contributed by atoms with Crippen molar-refractivity contribution >= 4 is 17.5 Å². The van der Waals surface area contributed by atoms with Crippen molar-refractivity contribution in [3.8, 4) is 17.2 Å². The summed E-state index contributed by atoms with van der Waals surface area (Å²) in [4.78, 5) is 41.1. The van der Waals surface area contributed by atoms with Crippen LogP contribution in [0.2, 0.25) is 0 Å². The lowest BCUT2D eigenvalue weighted by atomic mass is 9.51. The third kappa shape index (κ3) is 3.85. The molecule has 4 aliphatic carbocycles. The van der Waals surface area contributed by atoms with Gasteiger partial charge in [0.25, 0.3) is 0 Å². The molecule has 6 bridgehead atoms. The fraction of sp³-hybridized carbons (Fsp3) is 0.553. The highest BCUT2D eigenvalue weighted by Crippen LogP contribution is 2.69. The number of aromatic hydroxyl groups is 1. The van der Waals surface area contributed by atoms with Crippen LogP contribution < -0.4 is 9.47 Å². The highest BCUT2D eigenvalue weighted by Gasteiger charge is 2.81. The molecule has 1 saturated heterocycles. The van der Waals surface area contributed by atoms with Crippen LogP contribution in [-0.4, -0.2) is 50.2 Å². The fourth-order valence-electron chi connectivity index (χ4n) is 9.66. The second-order valence-electron chi connectivity index (χ2n) is 15.5. The monoisotopic (exact) mass is 628 g/mol. The molecular formula is C38H44O8. The molecule has 8 nitrogen and oxygen atoms in total. The molecule has 1 spiro atoms. The molecule has 2 saturated carbocycles. The summed E-state index contributed by atoms with van der Waals surface area (Å²) in [7, 11) is 0. The van der Waals surface area contributed by atoms with Crippen LogP contribution in [0.3, 0.4) is 0 Å². The van der Waals surface area contributed by atoms with Gasteiger partial charge >= 0.3 is 5.97 Å². The first-order chi connectivity index (χ1) is 21.5. The lowest BCUT2D eigenvalue weighted by Crippen LogP contribution is -2.72. The third-order valence-corrected chi connectivity index (χ3v) is 11.8. The molecule has 0 aromatic heterocycles. The molecule has 0 radical (unpaired) electrons. The molecule has 7 atom stereocenters. The number of fused-ring (bicyclic) bond motifs is 5. The van der Waals surface area contributed by atoms with Gasteiger partial charge in [0.15, 0.2) is 22.8 Å². The Hall–Kier alpha value is -3.65. The Morgan fingerprint density at radius 3 is 2.46 bits per heavy atom. The molecule has 3 fully saturated rings. The van der Waals surface area contributed by atoms with Gasteiger partial charge in [-0.15, -0.1) is 0 Å². The fourth-order valence-corrected chi connectivity index (χ4v) is 9.66. The number of hydrogen-bond acceptors (Lipinski definition) is 7. The Bertz CT molecular complexity index is 1740. The SMILES string of the molecule is C=C(C)[C@H]1CC[C@]2(C)C[C@H]1c1c(O)c3c(c(CC=C(C)C)c1O2)O[C@]12C(=C[C@@H]4C[C@H]1C(C)(C)O[C@@]2(C/C=C(\C)C(=O)O)C4=O)C3=O. The van der Waals surface area contributed by atoms with Crippen LogP contribution in [0.5, 0.6) is 17.2 Å². The van der Waals surface area contributed by atoms with Crippen molar-refractivity contribution in [2.24, 2.45) is 17.8 Å². The minimum atomic E-state index is -1.62. The van der Waals surface area contributed by atoms with Crippen molar-refractivity contribution in [1.29, 1.82) is 0 Å². The Morgan fingerprint density at radius 2 is 1.80 bits per heavy atom. The van der Waals surface area contributed by atoms with Crippen LogP contribution in [0.15, 0.2) is 47.1 Å². The molecule has 8 heteroatoms. The van der Waals surface area contributed by atoms with Gasteiger partial charge in [0.1, 0.15) is 28.4 Å². The average Bonchev–Trinajstić information content (AvgIpc) is 3.11. The normalized spacial score (nSPS) is 36.1. The zero-order valence-corrected chi connectivity index (χ0v) is 27.8. The summed E-state index contributed by atoms with van der Waals surface area (Å²) in [6.07, 6.45) is 8.47. The number of phenolic OH excluding ortho intramolecular Hbond substituents is 1. The largest absolute Gasteiger partial charge is 0.507 e. The Labute approximate surface area is 270 Å². The molecule has 244 valence electrons. The zero-order valence-electron chi connectivity index (χ0n) is 27.8. The number of rotatable bonds is 6. The second kappa shape index (κ2) is 9.69. The molecule has 8 rings (SSSR count). The van der Waals surface area contributed by atoms with Crippen LogP contribution in [0, 0.1) is 17.8 Å². The number of carboxylic acids is 1. The van der Waals surface area contributed by atoms with E-state index < -0.39 is 34.3 Å². The minimum Gasteiger partial charge on any atom is -0.507 e. The quantitative estimate of drug-likeness (QED) is 0.257. The Balaban J connectivity index is 1.52. The zero-order chi connectivity index (χ0) is 33.3. The maximum atomic E-state index is 15.0. The van der Waals surface area contributed by atoms with Crippen LogP contribution in [-0.2, 0) is 20.7 Å². The summed E-state index contributed by atoms with van der Waals surface area (Å²) in [6.45, 7) is 17.7. The van der Waals surface area contributed by atoms with Gasteiger partial charge in [0, 0.05) is 46.4 Å². The van der Waals surface area contributed by atoms with Gasteiger partial charge in [-0.1, -0.05) is 36.0 Å². The molecule has 7 aliphatic rings. The van der Waals surface area contributed by atoms with E-state index in [9.17, 15) is 24.6 Å². The average molecular weight is 629 g/mol. The van der Waals surface area contributed by atoms with Crippen molar-refractivity contribution in [2.45, 2.75) is 115 Å². The lowest BCUT2D eigenvalue weighted by molar-refractivity contribution is -0.171. The van der Waals surface area contributed by atoms with E-state index in [0.717, 1.165) is 24.0 Å². The van der Waals surface area contributed by atoms with Gasteiger partial charge in [-0.25, -0.2) is 4.79 Å². The number of ketones is 2. The first-order valence-electron chi connectivity index (χ1n) is 16.5. The molecule has 3 aliphatic heterocycles. The van der Waals surface area contributed by atoms with E-state index in [1.807, 2.05) is 34.6 Å². The number of carbonyl (C=O) groups excluding carboxylic acids is 2. The summed E-state index contributed by atoms with van der Waals surface area (Å²) in [5, 5.41) is 21.8. The molecule has 1 aromatic carbocycles. The number of phenols is 1. The number of aliphatic carboxylic acids is 1. The summed E-state index contributed by atoms with van der Waals surface area (Å²) in [5.41, 5.74) is -0.519. The number of allylic oxidation sites excluding steroid dienone is 4.